The Morgan fingerprint density at radius 1 is 1.43 bits per heavy atom. The van der Waals surface area contributed by atoms with Crippen molar-refractivity contribution < 1.29 is 9.59 Å². The smallest absolute Gasteiger partial charge is 0.315 e. The number of aryl methyl sites for hydroxylation is 1. The average Bonchev–Trinajstić information content (AvgIpc) is 2.84. The second kappa shape index (κ2) is 7.42. The lowest BCUT2D eigenvalue weighted by Crippen LogP contribution is -2.49. The molecule has 3 amide bonds. The summed E-state index contributed by atoms with van der Waals surface area (Å²) >= 11 is 1.65. The molecule has 1 aromatic rings. The number of nitrogens with two attached hydrogens (primary N) is 1. The molecule has 1 aliphatic rings. The van der Waals surface area contributed by atoms with Gasteiger partial charge in [0.1, 0.15) is 0 Å². The molecule has 0 spiro atoms. The molecule has 6 nitrogen and oxygen atoms in total. The van der Waals surface area contributed by atoms with Crippen LogP contribution in [0.1, 0.15) is 23.3 Å². The number of primary amides is 1. The van der Waals surface area contributed by atoms with E-state index in [1.54, 1.807) is 11.3 Å². The van der Waals surface area contributed by atoms with Gasteiger partial charge in [-0.05, 0) is 36.8 Å². The van der Waals surface area contributed by atoms with Gasteiger partial charge in [-0.1, -0.05) is 0 Å². The number of nitrogens with one attached hydrogen (secondary N) is 2. The standard InChI is InChI=1S/C14H22N4O2S/c1-10-4-7-21-12(10)8-16-14(20)17-11-2-5-18(6-3-11)9-13(15)19/h4,7,11H,2-3,5-6,8-9H2,1H3,(H2,15,19)(H2,16,17,20). The van der Waals surface area contributed by atoms with E-state index in [9.17, 15) is 9.59 Å². The van der Waals surface area contributed by atoms with E-state index in [1.807, 2.05) is 23.3 Å². The summed E-state index contributed by atoms with van der Waals surface area (Å²) in [6.07, 6.45) is 1.69. The molecular weight excluding hydrogens is 288 g/mol. The molecule has 0 aromatic carbocycles. The molecule has 7 heteroatoms. The zero-order valence-corrected chi connectivity index (χ0v) is 13.0. The van der Waals surface area contributed by atoms with Gasteiger partial charge >= 0.3 is 6.03 Å². The molecule has 0 aliphatic carbocycles. The minimum absolute atomic E-state index is 0.129. The molecule has 1 aromatic heterocycles. The van der Waals surface area contributed by atoms with Crippen molar-refractivity contribution in [2.75, 3.05) is 19.6 Å². The molecular formula is C14H22N4O2S. The normalized spacial score (nSPS) is 16.6. The molecule has 2 rings (SSSR count). The fraction of sp³-hybridized carbons (Fsp3) is 0.571. The lowest BCUT2D eigenvalue weighted by molar-refractivity contribution is -0.119. The Balaban J connectivity index is 1.67. The van der Waals surface area contributed by atoms with E-state index >= 15 is 0 Å². The molecule has 0 bridgehead atoms. The van der Waals surface area contributed by atoms with Crippen molar-refractivity contribution in [2.24, 2.45) is 5.73 Å². The Labute approximate surface area is 128 Å². The second-order valence-electron chi connectivity index (χ2n) is 5.37. The minimum atomic E-state index is -0.300. The number of piperidine rings is 1. The number of rotatable bonds is 5. The highest BCUT2D eigenvalue weighted by Crippen LogP contribution is 2.15. The van der Waals surface area contributed by atoms with E-state index in [4.69, 9.17) is 5.73 Å². The first kappa shape index (κ1) is 15.8. The van der Waals surface area contributed by atoms with Crippen LogP contribution in [-0.4, -0.2) is 42.5 Å². The van der Waals surface area contributed by atoms with Crippen LogP contribution in [0.15, 0.2) is 11.4 Å². The maximum Gasteiger partial charge on any atom is 0.315 e. The minimum Gasteiger partial charge on any atom is -0.369 e. The number of hydrogen-bond donors (Lipinski definition) is 3. The molecule has 0 saturated carbocycles. The predicted octanol–water partition coefficient (Wildman–Crippen LogP) is 0.805. The van der Waals surface area contributed by atoms with Crippen LogP contribution < -0.4 is 16.4 Å². The molecule has 1 fully saturated rings. The lowest BCUT2D eigenvalue weighted by Gasteiger charge is -2.31. The summed E-state index contributed by atoms with van der Waals surface area (Å²) in [6.45, 7) is 4.49. The number of thiophene rings is 1. The van der Waals surface area contributed by atoms with Gasteiger partial charge in [0.05, 0.1) is 13.1 Å². The summed E-state index contributed by atoms with van der Waals surface area (Å²) in [7, 11) is 0. The number of nitrogens with zero attached hydrogens (tertiary/aromatic N) is 1. The Bertz CT molecular complexity index is 495. The van der Waals surface area contributed by atoms with Crippen LogP contribution in [0.4, 0.5) is 4.79 Å². The number of carbonyl (C=O) groups is 2. The highest BCUT2D eigenvalue weighted by molar-refractivity contribution is 7.10. The maximum atomic E-state index is 11.9. The molecule has 4 N–H and O–H groups in total. The SMILES string of the molecule is Cc1ccsc1CNC(=O)NC1CCN(CC(N)=O)CC1. The second-order valence-corrected chi connectivity index (χ2v) is 6.37. The van der Waals surface area contributed by atoms with Crippen molar-refractivity contribution in [1.29, 1.82) is 0 Å². The third-order valence-corrected chi connectivity index (χ3v) is 4.70. The van der Waals surface area contributed by atoms with E-state index in [1.165, 1.54) is 10.4 Å². The fourth-order valence-electron chi connectivity index (χ4n) is 2.44. The van der Waals surface area contributed by atoms with Gasteiger partial charge in [-0.15, -0.1) is 11.3 Å². The van der Waals surface area contributed by atoms with Crippen molar-refractivity contribution in [3.63, 3.8) is 0 Å². The molecule has 0 unspecified atom stereocenters. The predicted molar refractivity (Wildman–Crippen MR) is 83.1 cm³/mol. The van der Waals surface area contributed by atoms with Gasteiger partial charge in [0.15, 0.2) is 0 Å². The summed E-state index contributed by atoms with van der Waals surface area (Å²) in [4.78, 5) is 25.9. The first-order valence-corrected chi connectivity index (χ1v) is 8.00. The highest BCUT2D eigenvalue weighted by atomic mass is 32.1. The quantitative estimate of drug-likeness (QED) is 0.752. The summed E-state index contributed by atoms with van der Waals surface area (Å²) in [5.74, 6) is -0.300. The lowest BCUT2D eigenvalue weighted by atomic mass is 10.1. The van der Waals surface area contributed by atoms with Gasteiger partial charge in [0, 0.05) is 24.0 Å². The van der Waals surface area contributed by atoms with Crippen LogP contribution in [0.3, 0.4) is 0 Å². The van der Waals surface area contributed by atoms with Crippen LogP contribution >= 0.6 is 11.3 Å². The van der Waals surface area contributed by atoms with E-state index in [2.05, 4.69) is 10.6 Å². The van der Waals surface area contributed by atoms with Crippen LogP contribution in [0.25, 0.3) is 0 Å². The average molecular weight is 310 g/mol. The van der Waals surface area contributed by atoms with Crippen molar-refractivity contribution in [3.8, 4) is 0 Å². The highest BCUT2D eigenvalue weighted by Gasteiger charge is 2.21. The van der Waals surface area contributed by atoms with Crippen LogP contribution in [0.2, 0.25) is 0 Å². The Hall–Kier alpha value is -1.60. The van der Waals surface area contributed by atoms with Crippen LogP contribution in [-0.2, 0) is 11.3 Å². The van der Waals surface area contributed by atoms with Crippen molar-refractivity contribution in [1.82, 2.24) is 15.5 Å². The van der Waals surface area contributed by atoms with Crippen molar-refractivity contribution in [3.05, 3.63) is 21.9 Å². The van der Waals surface area contributed by atoms with Gasteiger partial charge in [-0.25, -0.2) is 4.79 Å². The van der Waals surface area contributed by atoms with Gasteiger partial charge in [0.25, 0.3) is 0 Å². The summed E-state index contributed by atoms with van der Waals surface area (Å²) in [5, 5.41) is 7.90. The van der Waals surface area contributed by atoms with Crippen molar-refractivity contribution in [2.45, 2.75) is 32.4 Å². The molecule has 0 radical (unpaired) electrons. The fourth-order valence-corrected chi connectivity index (χ4v) is 3.28. The van der Waals surface area contributed by atoms with Crippen LogP contribution in [0, 0.1) is 6.92 Å². The summed E-state index contributed by atoms with van der Waals surface area (Å²) in [5.41, 5.74) is 6.39. The molecule has 2 heterocycles. The zero-order valence-electron chi connectivity index (χ0n) is 12.2. The third-order valence-electron chi connectivity index (χ3n) is 3.68. The molecule has 116 valence electrons. The number of hydrogen-bond acceptors (Lipinski definition) is 4. The Morgan fingerprint density at radius 2 is 2.14 bits per heavy atom. The van der Waals surface area contributed by atoms with E-state index in [0.29, 0.717) is 13.1 Å². The molecule has 21 heavy (non-hydrogen) atoms. The van der Waals surface area contributed by atoms with E-state index in [-0.39, 0.29) is 18.0 Å². The van der Waals surface area contributed by atoms with E-state index in [0.717, 1.165) is 25.9 Å². The monoisotopic (exact) mass is 310 g/mol. The van der Waals surface area contributed by atoms with E-state index < -0.39 is 0 Å². The van der Waals surface area contributed by atoms with Gasteiger partial charge in [-0.3, -0.25) is 9.69 Å². The number of urea groups is 1. The largest absolute Gasteiger partial charge is 0.369 e. The Kier molecular flexibility index (Phi) is 5.58. The van der Waals surface area contributed by atoms with Gasteiger partial charge < -0.3 is 16.4 Å². The first-order valence-electron chi connectivity index (χ1n) is 7.12. The molecule has 1 saturated heterocycles. The number of likely N-dealkylation sites (tertiary alicyclic amines) is 1. The van der Waals surface area contributed by atoms with Gasteiger partial charge in [-0.2, -0.15) is 0 Å². The Morgan fingerprint density at radius 3 is 2.71 bits per heavy atom. The zero-order chi connectivity index (χ0) is 15.2. The number of carbonyl (C=O) groups excluding carboxylic acids is 2. The summed E-state index contributed by atoms with van der Waals surface area (Å²) in [6, 6.07) is 2.09. The summed E-state index contributed by atoms with van der Waals surface area (Å²) < 4.78 is 0. The molecule has 0 atom stereocenters. The topological polar surface area (TPSA) is 87.5 Å². The van der Waals surface area contributed by atoms with Crippen molar-refractivity contribution >= 4 is 23.3 Å². The molecule has 1 aliphatic heterocycles. The van der Waals surface area contributed by atoms with Crippen LogP contribution in [0.5, 0.6) is 0 Å². The third kappa shape index (κ3) is 5.02. The van der Waals surface area contributed by atoms with Gasteiger partial charge in [0.2, 0.25) is 5.91 Å². The first-order chi connectivity index (χ1) is 10.0. The number of amides is 3. The maximum absolute atomic E-state index is 11.9.